The molecule has 1 atom stereocenters. The highest BCUT2D eigenvalue weighted by molar-refractivity contribution is 5.56. The summed E-state index contributed by atoms with van der Waals surface area (Å²) in [5, 5.41) is 3.71. The number of aryl methyl sites for hydroxylation is 2. The Labute approximate surface area is 122 Å². The second kappa shape index (κ2) is 5.70. The maximum atomic E-state index is 3.71. The van der Waals surface area contributed by atoms with Crippen LogP contribution in [-0.2, 0) is 12.8 Å². The van der Waals surface area contributed by atoms with E-state index in [2.05, 4.69) is 61.6 Å². The Morgan fingerprint density at radius 3 is 2.65 bits per heavy atom. The molecule has 1 N–H and O–H groups in total. The smallest absolute Gasteiger partial charge is 0.0485 e. The van der Waals surface area contributed by atoms with Gasteiger partial charge in [-0.1, -0.05) is 42.0 Å². The minimum Gasteiger partial charge on any atom is -0.378 e. The topological polar surface area (TPSA) is 12.0 Å². The molecule has 0 radical (unpaired) electrons. The Morgan fingerprint density at radius 2 is 1.80 bits per heavy atom. The first-order valence-electron chi connectivity index (χ1n) is 7.68. The first-order chi connectivity index (χ1) is 9.74. The molecule has 3 rings (SSSR count). The van der Waals surface area contributed by atoms with Crippen molar-refractivity contribution in [3.8, 4) is 0 Å². The summed E-state index contributed by atoms with van der Waals surface area (Å²) in [6.07, 6.45) is 5.12. The minimum absolute atomic E-state index is 0.350. The lowest BCUT2D eigenvalue weighted by Crippen LogP contribution is -2.11. The molecule has 20 heavy (non-hydrogen) atoms. The van der Waals surface area contributed by atoms with Crippen LogP contribution in [0.2, 0.25) is 0 Å². The third-order valence-electron chi connectivity index (χ3n) is 4.31. The lowest BCUT2D eigenvalue weighted by molar-refractivity contribution is 0.685. The summed E-state index contributed by atoms with van der Waals surface area (Å²) in [5.41, 5.74) is 7.09. The van der Waals surface area contributed by atoms with Crippen LogP contribution in [0.15, 0.2) is 42.5 Å². The number of fused-ring (bicyclic) bond motifs is 1. The third kappa shape index (κ3) is 2.72. The molecule has 1 nitrogen and oxygen atoms in total. The molecule has 1 aliphatic rings. The second-order valence-electron chi connectivity index (χ2n) is 5.93. The van der Waals surface area contributed by atoms with Gasteiger partial charge in [-0.3, -0.25) is 0 Å². The van der Waals surface area contributed by atoms with Crippen molar-refractivity contribution in [3.05, 3.63) is 64.7 Å². The number of anilines is 1. The van der Waals surface area contributed by atoms with Gasteiger partial charge in [-0.2, -0.15) is 0 Å². The van der Waals surface area contributed by atoms with E-state index in [1.807, 2.05) is 0 Å². The van der Waals surface area contributed by atoms with Crippen molar-refractivity contribution >= 4 is 5.69 Å². The molecule has 2 aromatic rings. The largest absolute Gasteiger partial charge is 0.378 e. The second-order valence-corrected chi connectivity index (χ2v) is 5.93. The van der Waals surface area contributed by atoms with Crippen molar-refractivity contribution in [1.82, 2.24) is 0 Å². The third-order valence-corrected chi connectivity index (χ3v) is 4.31. The van der Waals surface area contributed by atoms with Crippen LogP contribution in [-0.4, -0.2) is 0 Å². The molecule has 0 amide bonds. The highest BCUT2D eigenvalue weighted by Crippen LogP contribution is 2.30. The average Bonchev–Trinajstić information content (AvgIpc) is 2.47. The standard InChI is InChI=1S/C19H23N/c1-14-7-5-10-17(13-14)15(2)20-19-12-6-9-16-8-3-4-11-18(16)19/h5-7,9-10,12-13,15,20H,3-4,8,11H2,1-2H3. The van der Waals surface area contributed by atoms with Crippen LogP contribution < -0.4 is 5.32 Å². The number of nitrogens with one attached hydrogen (secondary N) is 1. The van der Waals surface area contributed by atoms with E-state index in [9.17, 15) is 0 Å². The van der Waals surface area contributed by atoms with Gasteiger partial charge in [0, 0.05) is 11.7 Å². The molecule has 1 heteroatoms. The SMILES string of the molecule is Cc1cccc(C(C)Nc2cccc3c2CCCC3)c1. The Hall–Kier alpha value is -1.76. The van der Waals surface area contributed by atoms with Gasteiger partial charge in [0.2, 0.25) is 0 Å². The molecule has 0 saturated carbocycles. The number of hydrogen-bond donors (Lipinski definition) is 1. The van der Waals surface area contributed by atoms with Crippen LogP contribution in [0.4, 0.5) is 5.69 Å². The van der Waals surface area contributed by atoms with Gasteiger partial charge < -0.3 is 5.32 Å². The fourth-order valence-corrected chi connectivity index (χ4v) is 3.17. The van der Waals surface area contributed by atoms with Gasteiger partial charge in [0.1, 0.15) is 0 Å². The predicted molar refractivity (Wildman–Crippen MR) is 86.3 cm³/mol. The summed E-state index contributed by atoms with van der Waals surface area (Å²) in [6, 6.07) is 15.8. The summed E-state index contributed by atoms with van der Waals surface area (Å²) < 4.78 is 0. The van der Waals surface area contributed by atoms with E-state index in [0.29, 0.717) is 6.04 Å². The molecule has 0 bridgehead atoms. The predicted octanol–water partition coefficient (Wildman–Crippen LogP) is 5.05. The number of hydrogen-bond acceptors (Lipinski definition) is 1. The Kier molecular flexibility index (Phi) is 3.77. The van der Waals surface area contributed by atoms with Gasteiger partial charge in [-0.15, -0.1) is 0 Å². The molecule has 2 aromatic carbocycles. The quantitative estimate of drug-likeness (QED) is 0.819. The van der Waals surface area contributed by atoms with E-state index < -0.39 is 0 Å². The van der Waals surface area contributed by atoms with Crippen molar-refractivity contribution < 1.29 is 0 Å². The van der Waals surface area contributed by atoms with E-state index in [1.54, 1.807) is 5.56 Å². The van der Waals surface area contributed by atoms with Gasteiger partial charge in [-0.05, 0) is 62.3 Å². The molecule has 0 aromatic heterocycles. The van der Waals surface area contributed by atoms with Crippen LogP contribution in [0.3, 0.4) is 0 Å². The van der Waals surface area contributed by atoms with Crippen LogP contribution in [0, 0.1) is 6.92 Å². The van der Waals surface area contributed by atoms with E-state index in [-0.39, 0.29) is 0 Å². The van der Waals surface area contributed by atoms with Crippen LogP contribution in [0.5, 0.6) is 0 Å². The maximum absolute atomic E-state index is 3.71. The highest BCUT2D eigenvalue weighted by atomic mass is 14.9. The Bertz CT molecular complexity index is 600. The number of benzene rings is 2. The first-order valence-corrected chi connectivity index (χ1v) is 7.68. The molecule has 0 spiro atoms. The maximum Gasteiger partial charge on any atom is 0.0485 e. The normalized spacial score (nSPS) is 15.5. The van der Waals surface area contributed by atoms with Crippen molar-refractivity contribution in [2.24, 2.45) is 0 Å². The zero-order valence-electron chi connectivity index (χ0n) is 12.4. The molecule has 0 fully saturated rings. The molecule has 0 saturated heterocycles. The summed E-state index contributed by atoms with van der Waals surface area (Å²) in [6.45, 7) is 4.40. The van der Waals surface area contributed by atoms with Gasteiger partial charge in [0.05, 0.1) is 0 Å². The van der Waals surface area contributed by atoms with E-state index in [4.69, 9.17) is 0 Å². The van der Waals surface area contributed by atoms with Gasteiger partial charge >= 0.3 is 0 Å². The Morgan fingerprint density at radius 1 is 1.00 bits per heavy atom. The molecule has 0 aliphatic heterocycles. The zero-order chi connectivity index (χ0) is 13.9. The van der Waals surface area contributed by atoms with Crippen molar-refractivity contribution in [3.63, 3.8) is 0 Å². The summed E-state index contributed by atoms with van der Waals surface area (Å²) in [4.78, 5) is 0. The highest BCUT2D eigenvalue weighted by Gasteiger charge is 2.14. The summed E-state index contributed by atoms with van der Waals surface area (Å²) in [7, 11) is 0. The molecular formula is C19H23N. The van der Waals surface area contributed by atoms with Crippen molar-refractivity contribution in [1.29, 1.82) is 0 Å². The molecule has 0 heterocycles. The Balaban J connectivity index is 1.84. The first kappa shape index (κ1) is 13.2. The lowest BCUT2D eigenvalue weighted by atomic mass is 9.90. The van der Waals surface area contributed by atoms with E-state index >= 15 is 0 Å². The monoisotopic (exact) mass is 265 g/mol. The van der Waals surface area contributed by atoms with Crippen LogP contribution in [0.25, 0.3) is 0 Å². The molecule has 1 aliphatic carbocycles. The average molecular weight is 265 g/mol. The lowest BCUT2D eigenvalue weighted by Gasteiger charge is -2.23. The van der Waals surface area contributed by atoms with Gasteiger partial charge in [-0.25, -0.2) is 0 Å². The van der Waals surface area contributed by atoms with Crippen molar-refractivity contribution in [2.45, 2.75) is 45.6 Å². The molecule has 1 unspecified atom stereocenters. The van der Waals surface area contributed by atoms with E-state index in [1.165, 1.54) is 48.1 Å². The van der Waals surface area contributed by atoms with E-state index in [0.717, 1.165) is 0 Å². The fourth-order valence-electron chi connectivity index (χ4n) is 3.17. The summed E-state index contributed by atoms with van der Waals surface area (Å²) >= 11 is 0. The van der Waals surface area contributed by atoms with Gasteiger partial charge in [0.25, 0.3) is 0 Å². The minimum atomic E-state index is 0.350. The van der Waals surface area contributed by atoms with Crippen LogP contribution >= 0.6 is 0 Å². The summed E-state index contributed by atoms with van der Waals surface area (Å²) in [5.74, 6) is 0. The molecule has 104 valence electrons. The van der Waals surface area contributed by atoms with Gasteiger partial charge in [0.15, 0.2) is 0 Å². The fraction of sp³-hybridized carbons (Fsp3) is 0.368. The van der Waals surface area contributed by atoms with Crippen molar-refractivity contribution in [2.75, 3.05) is 5.32 Å². The zero-order valence-corrected chi connectivity index (χ0v) is 12.4. The number of rotatable bonds is 3. The van der Waals surface area contributed by atoms with Crippen LogP contribution in [0.1, 0.15) is 48.1 Å². The molecular weight excluding hydrogens is 242 g/mol.